The summed E-state index contributed by atoms with van der Waals surface area (Å²) in [6.07, 6.45) is 3.02. The molecule has 98 valence electrons. The monoisotopic (exact) mass is 273 g/mol. The zero-order valence-corrected chi connectivity index (χ0v) is 11.8. The third-order valence-corrected chi connectivity index (χ3v) is 3.88. The van der Waals surface area contributed by atoms with Crippen molar-refractivity contribution < 1.29 is 0 Å². The molecule has 3 rings (SSSR count). The standard InChI is InChI=1S/C15H15N3.ClH/c1-15(2)7-12(13-9-17-18-14(13)15)11-5-3-10(8-16)4-6-11;/h3-6,9,12H,7H2,1-2H3,(H,17,18);1H. The normalized spacial score (nSPS) is 19.3. The van der Waals surface area contributed by atoms with Crippen LogP contribution < -0.4 is 0 Å². The molecule has 1 aliphatic rings. The van der Waals surface area contributed by atoms with Crippen molar-refractivity contribution in [1.29, 1.82) is 5.26 Å². The molecule has 3 nitrogen and oxygen atoms in total. The first-order valence-corrected chi connectivity index (χ1v) is 6.15. The predicted octanol–water partition coefficient (Wildman–Crippen LogP) is 3.52. The van der Waals surface area contributed by atoms with Crippen molar-refractivity contribution in [1.82, 2.24) is 10.2 Å². The van der Waals surface area contributed by atoms with Crippen molar-refractivity contribution in [2.75, 3.05) is 0 Å². The van der Waals surface area contributed by atoms with Crippen LogP contribution in [0, 0.1) is 11.3 Å². The average molecular weight is 274 g/mol. The Morgan fingerprint density at radius 2 is 2.00 bits per heavy atom. The number of nitrogens with zero attached hydrogens (tertiary/aromatic N) is 2. The van der Waals surface area contributed by atoms with Gasteiger partial charge in [-0.3, -0.25) is 5.10 Å². The van der Waals surface area contributed by atoms with E-state index in [0.717, 1.165) is 6.42 Å². The van der Waals surface area contributed by atoms with Crippen molar-refractivity contribution in [2.45, 2.75) is 31.6 Å². The molecule has 0 amide bonds. The van der Waals surface area contributed by atoms with Crippen molar-refractivity contribution in [3.63, 3.8) is 0 Å². The molecule has 2 aromatic rings. The van der Waals surface area contributed by atoms with E-state index < -0.39 is 0 Å². The van der Waals surface area contributed by atoms with Crippen LogP contribution in [0.2, 0.25) is 0 Å². The maximum atomic E-state index is 8.84. The van der Waals surface area contributed by atoms with Crippen LogP contribution >= 0.6 is 12.4 Å². The fourth-order valence-electron chi connectivity index (χ4n) is 2.91. The zero-order valence-electron chi connectivity index (χ0n) is 11.0. The molecule has 0 spiro atoms. The lowest BCUT2D eigenvalue weighted by Gasteiger charge is -2.18. The first-order chi connectivity index (χ1) is 8.62. The number of hydrogen-bond acceptors (Lipinski definition) is 2. The summed E-state index contributed by atoms with van der Waals surface area (Å²) in [5.41, 5.74) is 4.66. The number of rotatable bonds is 1. The number of nitriles is 1. The second-order valence-corrected chi connectivity index (χ2v) is 5.57. The van der Waals surface area contributed by atoms with E-state index in [1.54, 1.807) is 0 Å². The maximum Gasteiger partial charge on any atom is 0.0991 e. The van der Waals surface area contributed by atoms with Gasteiger partial charge in [0.1, 0.15) is 0 Å². The summed E-state index contributed by atoms with van der Waals surface area (Å²) in [5.74, 6) is 0.390. The first kappa shape index (κ1) is 13.6. The summed E-state index contributed by atoms with van der Waals surface area (Å²) < 4.78 is 0. The number of aromatic amines is 1. The van der Waals surface area contributed by atoms with Crippen LogP contribution in [0.5, 0.6) is 0 Å². The van der Waals surface area contributed by atoms with E-state index in [9.17, 15) is 0 Å². The third kappa shape index (κ3) is 2.13. The molecule has 4 heteroatoms. The van der Waals surface area contributed by atoms with E-state index in [4.69, 9.17) is 5.26 Å². The Morgan fingerprint density at radius 3 is 2.63 bits per heavy atom. The fourth-order valence-corrected chi connectivity index (χ4v) is 2.91. The van der Waals surface area contributed by atoms with Crippen LogP contribution in [-0.4, -0.2) is 10.2 Å². The van der Waals surface area contributed by atoms with Crippen molar-refractivity contribution in [2.24, 2.45) is 0 Å². The highest BCUT2D eigenvalue weighted by atomic mass is 35.5. The van der Waals surface area contributed by atoms with E-state index in [2.05, 4.69) is 42.2 Å². The summed E-state index contributed by atoms with van der Waals surface area (Å²) in [6, 6.07) is 10.0. The minimum Gasteiger partial charge on any atom is -0.282 e. The van der Waals surface area contributed by atoms with Crippen LogP contribution in [0.1, 0.15) is 48.6 Å². The van der Waals surface area contributed by atoms with E-state index in [0.29, 0.717) is 11.5 Å². The smallest absolute Gasteiger partial charge is 0.0991 e. The van der Waals surface area contributed by atoms with Crippen LogP contribution in [0.3, 0.4) is 0 Å². The second kappa shape index (κ2) is 4.71. The van der Waals surface area contributed by atoms with Crippen molar-refractivity contribution in [3.8, 4) is 6.07 Å². The van der Waals surface area contributed by atoms with Gasteiger partial charge in [0, 0.05) is 22.6 Å². The number of benzene rings is 1. The molecular formula is C15H16ClN3. The van der Waals surface area contributed by atoms with E-state index in [-0.39, 0.29) is 17.8 Å². The molecule has 0 saturated carbocycles. The average Bonchev–Trinajstić information content (AvgIpc) is 2.93. The Labute approximate surface area is 119 Å². The summed E-state index contributed by atoms with van der Waals surface area (Å²) in [6.45, 7) is 4.49. The van der Waals surface area contributed by atoms with Crippen molar-refractivity contribution in [3.05, 3.63) is 52.8 Å². The zero-order chi connectivity index (χ0) is 12.8. The number of halogens is 1. The first-order valence-electron chi connectivity index (χ1n) is 6.15. The molecule has 0 saturated heterocycles. The van der Waals surface area contributed by atoms with Gasteiger partial charge in [0.15, 0.2) is 0 Å². The highest BCUT2D eigenvalue weighted by Crippen LogP contribution is 2.47. The highest BCUT2D eigenvalue weighted by Gasteiger charge is 2.39. The van der Waals surface area contributed by atoms with Gasteiger partial charge < -0.3 is 0 Å². The van der Waals surface area contributed by atoms with Crippen LogP contribution in [0.15, 0.2) is 30.5 Å². The van der Waals surface area contributed by atoms with Crippen LogP contribution in [-0.2, 0) is 5.41 Å². The minimum absolute atomic E-state index is 0. The Morgan fingerprint density at radius 1 is 1.32 bits per heavy atom. The Bertz CT molecular complexity index is 620. The largest absolute Gasteiger partial charge is 0.282 e. The number of H-pyrrole nitrogens is 1. The predicted molar refractivity (Wildman–Crippen MR) is 76.5 cm³/mol. The molecule has 0 bridgehead atoms. The highest BCUT2D eigenvalue weighted by molar-refractivity contribution is 5.85. The second-order valence-electron chi connectivity index (χ2n) is 5.57. The molecule has 1 unspecified atom stereocenters. The SMILES string of the molecule is CC1(C)CC(c2ccc(C#N)cc2)c2cn[nH]c21.Cl. The molecule has 1 N–H and O–H groups in total. The maximum absolute atomic E-state index is 8.84. The Balaban J connectivity index is 0.00000133. The topological polar surface area (TPSA) is 52.5 Å². The molecule has 1 aliphatic carbocycles. The summed E-state index contributed by atoms with van der Waals surface area (Å²) in [4.78, 5) is 0. The molecule has 19 heavy (non-hydrogen) atoms. The third-order valence-electron chi connectivity index (χ3n) is 3.88. The lowest BCUT2D eigenvalue weighted by atomic mass is 9.86. The minimum atomic E-state index is 0. The molecule has 1 heterocycles. The van der Waals surface area contributed by atoms with Crippen molar-refractivity contribution >= 4 is 12.4 Å². The Hall–Kier alpha value is -1.79. The summed E-state index contributed by atoms with van der Waals surface area (Å²) in [5, 5.41) is 16.1. The number of hydrogen-bond donors (Lipinski definition) is 1. The van der Waals surface area contributed by atoms with Gasteiger partial charge >= 0.3 is 0 Å². The fraction of sp³-hybridized carbons (Fsp3) is 0.333. The van der Waals surface area contributed by atoms with Gasteiger partial charge in [-0.05, 0) is 24.1 Å². The molecule has 0 aliphatic heterocycles. The molecule has 1 aromatic carbocycles. The number of fused-ring (bicyclic) bond motifs is 1. The van der Waals surface area contributed by atoms with E-state index in [1.807, 2.05) is 18.3 Å². The van der Waals surface area contributed by atoms with Gasteiger partial charge in [-0.15, -0.1) is 12.4 Å². The Kier molecular flexibility index (Phi) is 3.38. The summed E-state index contributed by atoms with van der Waals surface area (Å²) >= 11 is 0. The van der Waals surface area contributed by atoms with Gasteiger partial charge in [-0.1, -0.05) is 26.0 Å². The van der Waals surface area contributed by atoms with Crippen LogP contribution in [0.25, 0.3) is 0 Å². The quantitative estimate of drug-likeness (QED) is 0.864. The number of nitrogens with one attached hydrogen (secondary N) is 1. The van der Waals surface area contributed by atoms with Gasteiger partial charge in [0.25, 0.3) is 0 Å². The molecule has 1 aromatic heterocycles. The van der Waals surface area contributed by atoms with Crippen LogP contribution in [0.4, 0.5) is 0 Å². The summed E-state index contributed by atoms with van der Waals surface area (Å²) in [7, 11) is 0. The number of aromatic nitrogens is 2. The van der Waals surface area contributed by atoms with Gasteiger partial charge in [-0.25, -0.2) is 0 Å². The van der Waals surface area contributed by atoms with Gasteiger partial charge in [0.2, 0.25) is 0 Å². The van der Waals surface area contributed by atoms with E-state index in [1.165, 1.54) is 16.8 Å². The lowest BCUT2D eigenvalue weighted by molar-refractivity contribution is 0.483. The molecular weight excluding hydrogens is 258 g/mol. The molecule has 0 fully saturated rings. The van der Waals surface area contributed by atoms with Gasteiger partial charge in [-0.2, -0.15) is 10.4 Å². The van der Waals surface area contributed by atoms with Gasteiger partial charge in [0.05, 0.1) is 17.8 Å². The molecule has 0 radical (unpaired) electrons. The molecule has 1 atom stereocenters. The lowest BCUT2D eigenvalue weighted by Crippen LogP contribution is -2.14. The van der Waals surface area contributed by atoms with E-state index >= 15 is 0 Å².